The van der Waals surface area contributed by atoms with Gasteiger partial charge in [0.1, 0.15) is 17.3 Å². The minimum Gasteiger partial charge on any atom is -0.299 e. The molecule has 0 aromatic heterocycles. The van der Waals surface area contributed by atoms with Crippen molar-refractivity contribution >= 4 is 17.3 Å². The van der Waals surface area contributed by atoms with Gasteiger partial charge in [0.2, 0.25) is 0 Å². The fourth-order valence-corrected chi connectivity index (χ4v) is 0.976. The molecule has 0 rings (SSSR count). The zero-order valence-corrected chi connectivity index (χ0v) is 8.16. The molecule has 0 fully saturated rings. The second kappa shape index (κ2) is 5.59. The Kier molecular flexibility index (Phi) is 4.32. The van der Waals surface area contributed by atoms with E-state index in [2.05, 4.69) is 0 Å². The molecule has 13 heavy (non-hydrogen) atoms. The second-order valence-electron chi connectivity index (χ2n) is 3.05. The van der Waals surface area contributed by atoms with Crippen molar-refractivity contribution in [3.05, 3.63) is 0 Å². The standard InChI is InChI=1S/C9H15NO3/c1-7(11)4-10(5-8(2)12)6-9(3)13/h4-6H2,1-3H3/i4D,10+2. The molecule has 0 aromatic rings. The Balaban J connectivity index is 4.45. The average molecular weight is 188 g/mol. The fraction of sp³-hybridized carbons (Fsp3) is 0.667. The largest absolute Gasteiger partial charge is 0.299 e. The Morgan fingerprint density at radius 3 is 1.62 bits per heavy atom. The second-order valence-corrected chi connectivity index (χ2v) is 3.05. The van der Waals surface area contributed by atoms with Crippen molar-refractivity contribution in [1.29, 1.82) is 0 Å². The number of Topliss-reactive ketones (excluding diaryl/α,β-unsaturated/α-hetero) is 3. The summed E-state index contributed by atoms with van der Waals surface area (Å²) >= 11 is 0. The van der Waals surface area contributed by atoms with Crippen LogP contribution in [0.5, 0.6) is 0 Å². The number of ketones is 3. The molecule has 0 aliphatic rings. The number of carbonyl (C=O) groups excluding carboxylic acids is 3. The highest BCUT2D eigenvalue weighted by molar-refractivity contribution is 5.83. The van der Waals surface area contributed by atoms with Gasteiger partial charge in [-0.25, -0.2) is 0 Å². The van der Waals surface area contributed by atoms with E-state index in [1.54, 1.807) is 0 Å². The zero-order chi connectivity index (χ0) is 11.3. The van der Waals surface area contributed by atoms with Gasteiger partial charge in [0.15, 0.2) is 0 Å². The minimum absolute atomic E-state index is 0.0344. The Morgan fingerprint density at radius 2 is 1.38 bits per heavy atom. The number of rotatable bonds is 6. The van der Waals surface area contributed by atoms with E-state index < -0.39 is 6.52 Å². The molecule has 0 radical (unpaired) electrons. The zero-order valence-electron chi connectivity index (χ0n) is 9.16. The van der Waals surface area contributed by atoms with Gasteiger partial charge >= 0.3 is 0 Å². The number of hydrogen-bond acceptors (Lipinski definition) is 4. The van der Waals surface area contributed by atoms with Gasteiger partial charge in [-0.15, -0.1) is 0 Å². The Labute approximate surface area is 79.3 Å². The lowest BCUT2D eigenvalue weighted by Crippen LogP contribution is -2.36. The van der Waals surface area contributed by atoms with Crippen LogP contribution in [0.15, 0.2) is 0 Å². The summed E-state index contributed by atoms with van der Waals surface area (Å²) < 4.78 is 7.44. The van der Waals surface area contributed by atoms with E-state index in [1.165, 1.54) is 25.7 Å². The summed E-state index contributed by atoms with van der Waals surface area (Å²) in [7, 11) is 0. The molecule has 1 unspecified atom stereocenters. The van der Waals surface area contributed by atoms with E-state index >= 15 is 0 Å². The van der Waals surface area contributed by atoms with Gasteiger partial charge in [-0.05, 0) is 20.8 Å². The minimum atomic E-state index is -1.12. The van der Waals surface area contributed by atoms with Crippen LogP contribution in [-0.4, -0.2) is 41.9 Å². The van der Waals surface area contributed by atoms with Crippen LogP contribution in [0.2, 0.25) is 0 Å². The van der Waals surface area contributed by atoms with Crippen molar-refractivity contribution in [2.24, 2.45) is 0 Å². The van der Waals surface area contributed by atoms with Crippen LogP contribution in [0.3, 0.4) is 0 Å². The van der Waals surface area contributed by atoms with Crippen molar-refractivity contribution in [1.82, 2.24) is 4.90 Å². The van der Waals surface area contributed by atoms with Crippen molar-refractivity contribution in [3.63, 3.8) is 0 Å². The van der Waals surface area contributed by atoms with Crippen molar-refractivity contribution < 1.29 is 15.8 Å². The maximum absolute atomic E-state index is 10.9. The third-order valence-electron chi connectivity index (χ3n) is 1.22. The summed E-state index contributed by atoms with van der Waals surface area (Å²) in [6.45, 7) is 2.80. The van der Waals surface area contributed by atoms with Crippen LogP contribution in [0, 0.1) is 0 Å². The van der Waals surface area contributed by atoms with E-state index in [0.29, 0.717) is 0 Å². The monoisotopic (exact) mass is 188 g/mol. The van der Waals surface area contributed by atoms with Gasteiger partial charge in [0.25, 0.3) is 0 Å². The van der Waals surface area contributed by atoms with Gasteiger partial charge in [0, 0.05) is 0 Å². The SMILES string of the molecule is [2H]C(C(C)=O)[16N](CC(C)=O)CC(C)=O. The van der Waals surface area contributed by atoms with Gasteiger partial charge in [-0.1, -0.05) is 0 Å². The molecule has 0 saturated heterocycles. The molecular formula is C9H15NO3. The van der Waals surface area contributed by atoms with Crippen LogP contribution in [0.25, 0.3) is 0 Å². The predicted molar refractivity (Wildman–Crippen MR) is 48.5 cm³/mol. The molecule has 4 heteroatoms. The lowest BCUT2D eigenvalue weighted by atomic mass is 10.4. The van der Waals surface area contributed by atoms with E-state index in [-0.39, 0.29) is 30.4 Å². The van der Waals surface area contributed by atoms with E-state index in [9.17, 15) is 14.4 Å². The Morgan fingerprint density at radius 1 is 1.00 bits per heavy atom. The maximum atomic E-state index is 10.9. The topological polar surface area (TPSA) is 54.5 Å². The Bertz CT molecular complexity index is 236. The van der Waals surface area contributed by atoms with Crippen LogP contribution in [0.4, 0.5) is 0 Å². The molecule has 0 bridgehead atoms. The fourth-order valence-electron chi connectivity index (χ4n) is 0.976. The molecule has 74 valence electrons. The average Bonchev–Trinajstić information content (AvgIpc) is 1.99. The molecule has 0 amide bonds. The van der Waals surface area contributed by atoms with Crippen molar-refractivity contribution in [2.45, 2.75) is 20.8 Å². The molecule has 0 N–H and O–H groups in total. The molecular weight excluding hydrogens is 172 g/mol. The van der Waals surface area contributed by atoms with Gasteiger partial charge in [0.05, 0.1) is 21.0 Å². The van der Waals surface area contributed by atoms with E-state index in [4.69, 9.17) is 1.37 Å². The normalized spacial score (nSPS) is 13.7. The number of carbonyl (C=O) groups is 3. The first kappa shape index (κ1) is 10.1. The van der Waals surface area contributed by atoms with Crippen LogP contribution in [-0.2, 0) is 14.4 Å². The van der Waals surface area contributed by atoms with Crippen LogP contribution in [0.1, 0.15) is 22.1 Å². The highest BCUT2D eigenvalue weighted by Crippen LogP contribution is 1.90. The quantitative estimate of drug-likeness (QED) is 0.591. The third kappa shape index (κ3) is 7.33. The van der Waals surface area contributed by atoms with Crippen LogP contribution < -0.4 is 0 Å². The molecule has 0 aromatic carbocycles. The summed E-state index contributed by atoms with van der Waals surface area (Å²) in [4.78, 5) is 33.8. The number of hydrogen-bond donors (Lipinski definition) is 0. The molecule has 0 aliphatic heterocycles. The first-order valence-electron chi connectivity index (χ1n) is 4.58. The van der Waals surface area contributed by atoms with Gasteiger partial charge < -0.3 is 0 Å². The van der Waals surface area contributed by atoms with Crippen LogP contribution >= 0.6 is 0 Å². The summed E-state index contributed by atoms with van der Waals surface area (Å²) in [5, 5.41) is 0. The summed E-state index contributed by atoms with van der Waals surface area (Å²) in [6.07, 6.45) is 0. The third-order valence-corrected chi connectivity index (χ3v) is 1.22. The lowest BCUT2D eigenvalue weighted by molar-refractivity contribution is -0.123. The van der Waals surface area contributed by atoms with E-state index in [0.717, 1.165) is 0 Å². The molecule has 0 heterocycles. The number of nitrogens with zero attached hydrogens (tertiary/aromatic N) is 1. The highest BCUT2D eigenvalue weighted by atomic mass is 16.7. The summed E-state index contributed by atoms with van der Waals surface area (Å²) in [6, 6.07) is 0. The molecule has 0 spiro atoms. The predicted octanol–water partition coefficient (Wildman–Crippen LogP) is 0.0554. The maximum Gasteiger partial charge on any atom is 0.143 e. The van der Waals surface area contributed by atoms with E-state index in [1.807, 2.05) is 0 Å². The van der Waals surface area contributed by atoms with Crippen molar-refractivity contribution in [3.8, 4) is 0 Å². The summed E-state index contributed by atoms with van der Waals surface area (Å²) in [5.74, 6) is -0.693. The van der Waals surface area contributed by atoms with Gasteiger partial charge in [-0.3, -0.25) is 19.3 Å². The highest BCUT2D eigenvalue weighted by Gasteiger charge is 2.11. The lowest BCUT2D eigenvalue weighted by Gasteiger charge is -2.17. The Hall–Kier alpha value is -1.03. The molecule has 0 aliphatic carbocycles. The first-order valence-corrected chi connectivity index (χ1v) is 4.00. The molecule has 1 atom stereocenters. The smallest absolute Gasteiger partial charge is 0.143 e. The molecule has 4 nitrogen and oxygen atoms in total. The van der Waals surface area contributed by atoms with Crippen molar-refractivity contribution in [2.75, 3.05) is 19.6 Å². The van der Waals surface area contributed by atoms with Gasteiger partial charge in [-0.2, -0.15) is 0 Å². The first-order chi connectivity index (χ1) is 6.34. The summed E-state index contributed by atoms with van der Waals surface area (Å²) in [5.41, 5.74) is 0. The molecule has 0 saturated carbocycles.